The summed E-state index contributed by atoms with van der Waals surface area (Å²) in [5, 5.41) is 13.4. The SMILES string of the molecule is O=C(N/C(=C\c1ccc(Br)cc1)C(=O)N1CCOCC1)c1ccc([N+](=O)[O-])cc1. The summed E-state index contributed by atoms with van der Waals surface area (Å²) in [6.07, 6.45) is 1.60. The molecule has 0 unspecified atom stereocenters. The molecule has 1 aliphatic heterocycles. The van der Waals surface area contributed by atoms with E-state index in [2.05, 4.69) is 21.2 Å². The van der Waals surface area contributed by atoms with E-state index in [0.717, 1.165) is 10.0 Å². The minimum atomic E-state index is -0.539. The highest BCUT2D eigenvalue weighted by atomic mass is 79.9. The van der Waals surface area contributed by atoms with Crippen LogP contribution in [0.25, 0.3) is 6.08 Å². The average molecular weight is 460 g/mol. The van der Waals surface area contributed by atoms with Gasteiger partial charge in [-0.05, 0) is 35.9 Å². The van der Waals surface area contributed by atoms with Gasteiger partial charge in [0.05, 0.1) is 18.1 Å². The topological polar surface area (TPSA) is 102 Å². The van der Waals surface area contributed by atoms with Crippen molar-refractivity contribution in [3.05, 3.63) is 79.9 Å². The molecule has 2 aromatic rings. The van der Waals surface area contributed by atoms with Gasteiger partial charge in [-0.2, -0.15) is 0 Å². The van der Waals surface area contributed by atoms with E-state index in [-0.39, 0.29) is 22.9 Å². The molecule has 0 bridgehead atoms. The van der Waals surface area contributed by atoms with E-state index in [1.807, 2.05) is 24.3 Å². The van der Waals surface area contributed by atoms with Crippen LogP contribution in [0.2, 0.25) is 0 Å². The molecule has 0 aromatic heterocycles. The highest BCUT2D eigenvalue weighted by Crippen LogP contribution is 2.16. The molecular formula is C20H18BrN3O5. The Morgan fingerprint density at radius 3 is 2.28 bits per heavy atom. The summed E-state index contributed by atoms with van der Waals surface area (Å²) in [5.74, 6) is -0.837. The molecule has 2 amide bonds. The lowest BCUT2D eigenvalue weighted by atomic mass is 10.1. The lowest BCUT2D eigenvalue weighted by Crippen LogP contribution is -2.44. The molecule has 1 heterocycles. The number of nitro groups is 1. The van der Waals surface area contributed by atoms with Gasteiger partial charge < -0.3 is 15.0 Å². The van der Waals surface area contributed by atoms with Crippen LogP contribution in [0.15, 0.2) is 58.7 Å². The van der Waals surface area contributed by atoms with E-state index in [1.165, 1.54) is 24.3 Å². The Balaban J connectivity index is 1.85. The Morgan fingerprint density at radius 1 is 1.07 bits per heavy atom. The number of carbonyl (C=O) groups excluding carboxylic acids is 2. The number of hydrogen-bond donors (Lipinski definition) is 1. The summed E-state index contributed by atoms with van der Waals surface area (Å²) < 4.78 is 6.18. The third kappa shape index (κ3) is 5.49. The van der Waals surface area contributed by atoms with Gasteiger partial charge in [-0.3, -0.25) is 19.7 Å². The standard InChI is InChI=1S/C20H18BrN3O5/c21-16-5-1-14(2-6-16)13-18(20(26)23-9-11-29-12-10-23)22-19(25)15-3-7-17(8-4-15)24(27)28/h1-8,13H,9-12H2,(H,22,25)/b18-13-. The lowest BCUT2D eigenvalue weighted by molar-refractivity contribution is -0.384. The molecule has 9 heteroatoms. The van der Waals surface area contributed by atoms with Gasteiger partial charge in [-0.1, -0.05) is 28.1 Å². The number of benzene rings is 2. The number of morpholine rings is 1. The quantitative estimate of drug-likeness (QED) is 0.420. The molecule has 0 saturated carbocycles. The van der Waals surface area contributed by atoms with Crippen LogP contribution < -0.4 is 5.32 Å². The van der Waals surface area contributed by atoms with E-state index in [9.17, 15) is 19.7 Å². The molecule has 8 nitrogen and oxygen atoms in total. The molecule has 1 saturated heterocycles. The molecule has 1 aliphatic rings. The molecule has 0 atom stereocenters. The second kappa shape index (κ2) is 9.44. The highest BCUT2D eigenvalue weighted by Gasteiger charge is 2.23. The minimum absolute atomic E-state index is 0.114. The Hall–Kier alpha value is -3.04. The van der Waals surface area contributed by atoms with Crippen LogP contribution in [0, 0.1) is 10.1 Å². The van der Waals surface area contributed by atoms with Crippen LogP contribution >= 0.6 is 15.9 Å². The van der Waals surface area contributed by atoms with Crippen molar-refractivity contribution in [3.8, 4) is 0 Å². The van der Waals surface area contributed by atoms with Crippen molar-refractivity contribution in [1.29, 1.82) is 0 Å². The zero-order chi connectivity index (χ0) is 20.8. The largest absolute Gasteiger partial charge is 0.378 e. The first kappa shape index (κ1) is 20.7. The first-order valence-electron chi connectivity index (χ1n) is 8.84. The Labute approximate surface area is 175 Å². The normalized spacial score (nSPS) is 14.4. The summed E-state index contributed by atoms with van der Waals surface area (Å²) in [7, 11) is 0. The molecule has 0 radical (unpaired) electrons. The summed E-state index contributed by atoms with van der Waals surface area (Å²) in [4.78, 5) is 37.5. The van der Waals surface area contributed by atoms with Gasteiger partial charge in [0.1, 0.15) is 5.70 Å². The summed E-state index contributed by atoms with van der Waals surface area (Å²) in [6, 6.07) is 12.5. The smallest absolute Gasteiger partial charge is 0.270 e. The van der Waals surface area contributed by atoms with Crippen molar-refractivity contribution in [1.82, 2.24) is 10.2 Å². The third-order valence-electron chi connectivity index (χ3n) is 4.30. The predicted molar refractivity (Wildman–Crippen MR) is 110 cm³/mol. The van der Waals surface area contributed by atoms with Gasteiger partial charge in [-0.15, -0.1) is 0 Å². The van der Waals surface area contributed by atoms with Gasteiger partial charge in [-0.25, -0.2) is 0 Å². The first-order chi connectivity index (χ1) is 13.9. The number of nitro benzene ring substituents is 1. The molecule has 29 heavy (non-hydrogen) atoms. The average Bonchev–Trinajstić information content (AvgIpc) is 2.75. The molecule has 0 spiro atoms. The number of nitrogens with one attached hydrogen (secondary N) is 1. The summed E-state index contributed by atoms with van der Waals surface area (Å²) in [6.45, 7) is 1.75. The van der Waals surface area contributed by atoms with Crippen molar-refractivity contribution in [3.63, 3.8) is 0 Å². The maximum absolute atomic E-state index is 13.0. The number of amides is 2. The van der Waals surface area contributed by atoms with Crippen molar-refractivity contribution in [2.45, 2.75) is 0 Å². The monoisotopic (exact) mass is 459 g/mol. The number of halogens is 1. The number of carbonyl (C=O) groups is 2. The van der Waals surface area contributed by atoms with Crippen LogP contribution in [0.5, 0.6) is 0 Å². The zero-order valence-electron chi connectivity index (χ0n) is 15.3. The fourth-order valence-corrected chi connectivity index (χ4v) is 3.01. The maximum Gasteiger partial charge on any atom is 0.270 e. The maximum atomic E-state index is 13.0. The highest BCUT2D eigenvalue weighted by molar-refractivity contribution is 9.10. The molecule has 2 aromatic carbocycles. The minimum Gasteiger partial charge on any atom is -0.378 e. The van der Waals surface area contributed by atoms with Crippen LogP contribution in [0.1, 0.15) is 15.9 Å². The van der Waals surface area contributed by atoms with Crippen molar-refractivity contribution in [2.24, 2.45) is 0 Å². The number of rotatable bonds is 5. The van der Waals surface area contributed by atoms with E-state index in [1.54, 1.807) is 11.0 Å². The summed E-state index contributed by atoms with van der Waals surface area (Å²) in [5.41, 5.74) is 0.968. The Morgan fingerprint density at radius 2 is 1.69 bits per heavy atom. The molecule has 3 rings (SSSR count). The molecular weight excluding hydrogens is 442 g/mol. The fourth-order valence-electron chi connectivity index (χ4n) is 2.74. The van der Waals surface area contributed by atoms with Gasteiger partial charge in [0.2, 0.25) is 0 Å². The number of nitrogens with zero attached hydrogens (tertiary/aromatic N) is 2. The Bertz CT molecular complexity index is 936. The van der Waals surface area contributed by atoms with E-state index in [4.69, 9.17) is 4.74 Å². The van der Waals surface area contributed by atoms with E-state index >= 15 is 0 Å². The summed E-state index contributed by atoms with van der Waals surface area (Å²) >= 11 is 3.36. The molecule has 150 valence electrons. The van der Waals surface area contributed by atoms with Crippen molar-refractivity contribution < 1.29 is 19.2 Å². The van der Waals surface area contributed by atoms with Crippen molar-refractivity contribution in [2.75, 3.05) is 26.3 Å². The predicted octanol–water partition coefficient (Wildman–Crippen LogP) is 2.99. The lowest BCUT2D eigenvalue weighted by Gasteiger charge is -2.27. The molecule has 0 aliphatic carbocycles. The van der Waals surface area contributed by atoms with Crippen LogP contribution in [0.3, 0.4) is 0 Å². The van der Waals surface area contributed by atoms with E-state index in [0.29, 0.717) is 26.3 Å². The van der Waals surface area contributed by atoms with E-state index < -0.39 is 10.8 Å². The number of hydrogen-bond acceptors (Lipinski definition) is 5. The third-order valence-corrected chi connectivity index (χ3v) is 4.83. The van der Waals surface area contributed by atoms with Crippen LogP contribution in [-0.4, -0.2) is 47.9 Å². The van der Waals surface area contributed by atoms with Crippen LogP contribution in [0.4, 0.5) is 5.69 Å². The Kier molecular flexibility index (Phi) is 6.73. The van der Waals surface area contributed by atoms with Crippen molar-refractivity contribution >= 4 is 39.5 Å². The van der Waals surface area contributed by atoms with Gasteiger partial charge in [0.15, 0.2) is 0 Å². The first-order valence-corrected chi connectivity index (χ1v) is 9.63. The second-order valence-corrected chi connectivity index (χ2v) is 7.19. The fraction of sp³-hybridized carbons (Fsp3) is 0.200. The zero-order valence-corrected chi connectivity index (χ0v) is 16.9. The second-order valence-electron chi connectivity index (χ2n) is 6.27. The molecule has 1 N–H and O–H groups in total. The van der Waals surface area contributed by atoms with Crippen LogP contribution in [-0.2, 0) is 9.53 Å². The number of non-ortho nitro benzene ring substituents is 1. The molecule has 1 fully saturated rings. The number of ether oxygens (including phenoxy) is 1. The van der Waals surface area contributed by atoms with Gasteiger partial charge in [0.25, 0.3) is 17.5 Å². The van der Waals surface area contributed by atoms with Gasteiger partial charge >= 0.3 is 0 Å². The van der Waals surface area contributed by atoms with Gasteiger partial charge in [0, 0.05) is 35.3 Å².